The molecule has 0 radical (unpaired) electrons. The van der Waals surface area contributed by atoms with E-state index in [0.29, 0.717) is 6.42 Å². The molecule has 0 saturated carbocycles. The Kier molecular flexibility index (Phi) is 2.90. The van der Waals surface area contributed by atoms with Gasteiger partial charge in [0.15, 0.2) is 0 Å². The molecule has 1 atom stereocenters. The van der Waals surface area contributed by atoms with Crippen LogP contribution in [0.3, 0.4) is 0 Å². The van der Waals surface area contributed by atoms with Gasteiger partial charge in [-0.2, -0.15) is 0 Å². The number of hydrogen-bond donors (Lipinski definition) is 1. The van der Waals surface area contributed by atoms with Gasteiger partial charge in [-0.3, -0.25) is 0 Å². The van der Waals surface area contributed by atoms with E-state index < -0.39 is 0 Å². The third-order valence-electron chi connectivity index (χ3n) is 1.65. The maximum atomic E-state index is 9.09. The average Bonchev–Trinajstić information content (AvgIpc) is 2.05. The molecule has 1 aromatic carbocycles. The molecule has 62 valence electrons. The second-order valence-electron chi connectivity index (χ2n) is 2.89. The summed E-state index contributed by atoms with van der Waals surface area (Å²) in [6, 6.07) is 7.67. The average molecular weight is 160 g/mol. The minimum atomic E-state index is -0.290. The summed E-state index contributed by atoms with van der Waals surface area (Å²) >= 11 is 0. The van der Waals surface area contributed by atoms with Crippen LogP contribution in [0.4, 0.5) is 0 Å². The molecule has 0 aliphatic carbocycles. The second-order valence-corrected chi connectivity index (χ2v) is 2.89. The normalized spacial score (nSPS) is 12.1. The Morgan fingerprint density at radius 3 is 2.42 bits per heavy atom. The maximum absolute atomic E-state index is 9.09. The lowest BCUT2D eigenvalue weighted by atomic mass is 10.1. The topological polar surface area (TPSA) is 20.2 Å². The van der Waals surface area contributed by atoms with Gasteiger partial charge in [0, 0.05) is 5.56 Å². The molecule has 1 N–H and O–H groups in total. The minimum Gasteiger partial charge on any atom is -0.393 e. The molecule has 0 bridgehead atoms. The summed E-state index contributed by atoms with van der Waals surface area (Å²) in [7, 11) is 0. The highest BCUT2D eigenvalue weighted by molar-refractivity contribution is 5.34. The second kappa shape index (κ2) is 3.94. The Bertz CT molecular complexity index is 277. The Hall–Kier alpha value is -1.26. The predicted octanol–water partition coefficient (Wildman–Crippen LogP) is 1.59. The van der Waals surface area contributed by atoms with Crippen molar-refractivity contribution >= 4 is 0 Å². The van der Waals surface area contributed by atoms with Gasteiger partial charge in [0.1, 0.15) is 0 Å². The smallest absolute Gasteiger partial charge is 0.0552 e. The van der Waals surface area contributed by atoms with Crippen LogP contribution in [0.25, 0.3) is 0 Å². The predicted molar refractivity (Wildman–Crippen MR) is 49.8 cm³/mol. The highest BCUT2D eigenvalue weighted by atomic mass is 16.3. The molecule has 1 unspecified atom stereocenters. The summed E-state index contributed by atoms with van der Waals surface area (Å²) in [6.45, 7) is 1.77. The summed E-state index contributed by atoms with van der Waals surface area (Å²) in [5, 5.41) is 9.09. The Morgan fingerprint density at radius 1 is 1.42 bits per heavy atom. The van der Waals surface area contributed by atoms with E-state index in [4.69, 9.17) is 11.5 Å². The molecule has 1 heteroatoms. The fraction of sp³-hybridized carbons (Fsp3) is 0.273. The zero-order valence-corrected chi connectivity index (χ0v) is 7.12. The van der Waals surface area contributed by atoms with Crippen LogP contribution in [0.1, 0.15) is 18.1 Å². The number of terminal acetylenes is 1. The standard InChI is InChI=1S/C11H12O/c1-3-10-4-6-11(7-5-10)8-9(2)12/h1,4-7,9,12H,8H2,2H3. The van der Waals surface area contributed by atoms with Crippen molar-refractivity contribution in [2.45, 2.75) is 19.4 Å². The number of hydrogen-bond acceptors (Lipinski definition) is 1. The van der Waals surface area contributed by atoms with Crippen LogP contribution in [-0.4, -0.2) is 11.2 Å². The van der Waals surface area contributed by atoms with E-state index in [9.17, 15) is 0 Å². The summed E-state index contributed by atoms with van der Waals surface area (Å²) in [5.74, 6) is 2.54. The van der Waals surface area contributed by atoms with Crippen LogP contribution >= 0.6 is 0 Å². The quantitative estimate of drug-likeness (QED) is 0.651. The molecule has 0 heterocycles. The van der Waals surface area contributed by atoms with E-state index in [2.05, 4.69) is 5.92 Å². The lowest BCUT2D eigenvalue weighted by Gasteiger charge is -2.03. The van der Waals surface area contributed by atoms with Gasteiger partial charge in [0.05, 0.1) is 6.10 Å². The fourth-order valence-electron chi connectivity index (χ4n) is 1.08. The van der Waals surface area contributed by atoms with Crippen molar-refractivity contribution in [3.63, 3.8) is 0 Å². The van der Waals surface area contributed by atoms with Crippen molar-refractivity contribution in [3.8, 4) is 12.3 Å². The van der Waals surface area contributed by atoms with Crippen LogP contribution in [0, 0.1) is 12.3 Å². The van der Waals surface area contributed by atoms with Gasteiger partial charge in [-0.25, -0.2) is 0 Å². The minimum absolute atomic E-state index is 0.290. The van der Waals surface area contributed by atoms with Gasteiger partial charge in [-0.05, 0) is 31.0 Å². The molecule has 0 aliphatic heterocycles. The lowest BCUT2D eigenvalue weighted by molar-refractivity contribution is 0.195. The summed E-state index contributed by atoms with van der Waals surface area (Å²) in [4.78, 5) is 0. The first-order chi connectivity index (χ1) is 5.72. The van der Waals surface area contributed by atoms with Gasteiger partial charge in [0.2, 0.25) is 0 Å². The van der Waals surface area contributed by atoms with Crippen molar-refractivity contribution in [2.75, 3.05) is 0 Å². The molecule has 1 rings (SSSR count). The molecule has 0 aliphatic rings. The van der Waals surface area contributed by atoms with Crippen LogP contribution in [0.15, 0.2) is 24.3 Å². The van der Waals surface area contributed by atoms with Crippen LogP contribution in [0.5, 0.6) is 0 Å². The highest BCUT2D eigenvalue weighted by Crippen LogP contribution is 2.05. The van der Waals surface area contributed by atoms with E-state index >= 15 is 0 Å². The van der Waals surface area contributed by atoms with Gasteiger partial charge >= 0.3 is 0 Å². The van der Waals surface area contributed by atoms with Crippen molar-refractivity contribution in [3.05, 3.63) is 35.4 Å². The monoisotopic (exact) mass is 160 g/mol. The lowest BCUT2D eigenvalue weighted by Crippen LogP contribution is -2.03. The third-order valence-corrected chi connectivity index (χ3v) is 1.65. The van der Waals surface area contributed by atoms with Crippen molar-refractivity contribution < 1.29 is 5.11 Å². The molecule has 1 aromatic rings. The third kappa shape index (κ3) is 2.41. The largest absolute Gasteiger partial charge is 0.393 e. The molecule has 0 spiro atoms. The SMILES string of the molecule is C#Cc1ccc(CC(C)O)cc1. The highest BCUT2D eigenvalue weighted by Gasteiger charge is 1.97. The van der Waals surface area contributed by atoms with Crippen molar-refractivity contribution in [1.29, 1.82) is 0 Å². The van der Waals surface area contributed by atoms with Crippen LogP contribution in [0.2, 0.25) is 0 Å². The number of benzene rings is 1. The van der Waals surface area contributed by atoms with Crippen molar-refractivity contribution in [2.24, 2.45) is 0 Å². The molecule has 12 heavy (non-hydrogen) atoms. The molecule has 0 saturated heterocycles. The van der Waals surface area contributed by atoms with Gasteiger partial charge in [0.25, 0.3) is 0 Å². The zero-order valence-electron chi connectivity index (χ0n) is 7.12. The molecule has 0 amide bonds. The fourth-order valence-corrected chi connectivity index (χ4v) is 1.08. The maximum Gasteiger partial charge on any atom is 0.0552 e. The van der Waals surface area contributed by atoms with Crippen LogP contribution < -0.4 is 0 Å². The first-order valence-electron chi connectivity index (χ1n) is 3.96. The summed E-state index contributed by atoms with van der Waals surface area (Å²) in [6.07, 6.45) is 5.60. The van der Waals surface area contributed by atoms with Gasteiger partial charge < -0.3 is 5.11 Å². The first-order valence-corrected chi connectivity index (χ1v) is 3.96. The zero-order chi connectivity index (χ0) is 8.97. The molecular formula is C11H12O. The first kappa shape index (κ1) is 8.83. The molecule has 0 aromatic heterocycles. The number of aliphatic hydroxyl groups is 1. The Balaban J connectivity index is 2.73. The number of rotatable bonds is 2. The van der Waals surface area contributed by atoms with E-state index in [1.165, 1.54) is 0 Å². The Labute approximate surface area is 73.0 Å². The summed E-state index contributed by atoms with van der Waals surface area (Å²) in [5.41, 5.74) is 1.99. The van der Waals surface area contributed by atoms with E-state index in [1.54, 1.807) is 6.92 Å². The molecule has 1 nitrogen and oxygen atoms in total. The van der Waals surface area contributed by atoms with Crippen LogP contribution in [-0.2, 0) is 6.42 Å². The molecular weight excluding hydrogens is 148 g/mol. The number of aliphatic hydroxyl groups excluding tert-OH is 1. The summed E-state index contributed by atoms with van der Waals surface area (Å²) < 4.78 is 0. The van der Waals surface area contributed by atoms with Gasteiger partial charge in [-0.1, -0.05) is 18.1 Å². The molecule has 0 fully saturated rings. The van der Waals surface area contributed by atoms with Gasteiger partial charge in [-0.15, -0.1) is 6.42 Å². The van der Waals surface area contributed by atoms with E-state index in [0.717, 1.165) is 11.1 Å². The van der Waals surface area contributed by atoms with E-state index in [1.807, 2.05) is 24.3 Å². The Morgan fingerprint density at radius 2 is 2.00 bits per heavy atom. The van der Waals surface area contributed by atoms with E-state index in [-0.39, 0.29) is 6.10 Å². The van der Waals surface area contributed by atoms with Crippen molar-refractivity contribution in [1.82, 2.24) is 0 Å².